The highest BCUT2D eigenvalue weighted by atomic mass is 32.2. The summed E-state index contributed by atoms with van der Waals surface area (Å²) in [6, 6.07) is 17.7. The second-order valence-corrected chi connectivity index (χ2v) is 7.18. The molecule has 2 heterocycles. The van der Waals surface area contributed by atoms with Crippen molar-refractivity contribution in [2.75, 3.05) is 0 Å². The fraction of sp³-hybridized carbons (Fsp3) is 0.150. The van der Waals surface area contributed by atoms with Crippen LogP contribution in [-0.4, -0.2) is 25.5 Å². The number of fused-ring (bicyclic) bond motifs is 1. The van der Waals surface area contributed by atoms with E-state index in [0.29, 0.717) is 5.56 Å². The minimum Gasteiger partial charge on any atom is -0.360 e. The van der Waals surface area contributed by atoms with Gasteiger partial charge in [-0.1, -0.05) is 60.3 Å². The third kappa shape index (κ3) is 2.93. The predicted octanol–water partition coefficient (Wildman–Crippen LogP) is 4.32. The molecule has 0 aliphatic heterocycles. The molecule has 1 N–H and O–H groups in total. The molecule has 0 saturated heterocycles. The van der Waals surface area contributed by atoms with Crippen LogP contribution in [0.3, 0.4) is 0 Å². The van der Waals surface area contributed by atoms with Crippen molar-refractivity contribution in [2.24, 2.45) is 7.05 Å². The van der Waals surface area contributed by atoms with Crippen LogP contribution in [-0.2, 0) is 7.05 Å². The first-order valence-corrected chi connectivity index (χ1v) is 9.21. The van der Waals surface area contributed by atoms with Gasteiger partial charge < -0.3 is 9.55 Å². The molecule has 0 radical (unpaired) electrons. The zero-order valence-corrected chi connectivity index (χ0v) is 15.3. The number of aryl methyl sites for hydroxylation is 1. The van der Waals surface area contributed by atoms with E-state index >= 15 is 0 Å². The molecule has 2 aromatic heterocycles. The van der Waals surface area contributed by atoms with Crippen molar-refractivity contribution in [1.29, 1.82) is 0 Å². The van der Waals surface area contributed by atoms with Gasteiger partial charge in [0.15, 0.2) is 10.9 Å². The van der Waals surface area contributed by atoms with Crippen molar-refractivity contribution in [3.05, 3.63) is 77.7 Å². The van der Waals surface area contributed by atoms with Crippen LogP contribution in [0.1, 0.15) is 27.0 Å². The highest BCUT2D eigenvalue weighted by molar-refractivity contribution is 8.00. The van der Waals surface area contributed by atoms with Gasteiger partial charge in [-0.15, -0.1) is 10.2 Å². The molecule has 1 atom stereocenters. The number of para-hydroxylation sites is 1. The maximum atomic E-state index is 13.4. The smallest absolute Gasteiger partial charge is 0.191 e. The summed E-state index contributed by atoms with van der Waals surface area (Å²) in [5.41, 5.74) is 2.61. The highest BCUT2D eigenvalue weighted by Crippen LogP contribution is 2.38. The molecule has 0 amide bonds. The van der Waals surface area contributed by atoms with Gasteiger partial charge in [0.05, 0.1) is 0 Å². The third-order valence-electron chi connectivity index (χ3n) is 4.47. The second kappa shape index (κ2) is 6.80. The van der Waals surface area contributed by atoms with Gasteiger partial charge in [-0.2, -0.15) is 0 Å². The first kappa shape index (κ1) is 16.6. The molecule has 26 heavy (non-hydrogen) atoms. The van der Waals surface area contributed by atoms with Crippen LogP contribution in [0.15, 0.2) is 66.0 Å². The molecule has 0 saturated carbocycles. The Morgan fingerprint density at radius 3 is 2.54 bits per heavy atom. The van der Waals surface area contributed by atoms with E-state index in [1.807, 2.05) is 73.1 Å². The van der Waals surface area contributed by atoms with Crippen molar-refractivity contribution >= 4 is 28.4 Å². The zero-order chi connectivity index (χ0) is 18.1. The average molecular weight is 362 g/mol. The van der Waals surface area contributed by atoms with Gasteiger partial charge in [0.2, 0.25) is 0 Å². The molecule has 1 unspecified atom stereocenters. The molecular formula is C20H18N4OS. The number of aromatic amines is 1. The number of nitrogens with one attached hydrogen (secondary N) is 1. The SMILES string of the molecule is Cc1nnc(SC(C(=O)c2c[nH]c3ccccc23)c2ccccc2)n1C. The Morgan fingerprint density at radius 1 is 1.08 bits per heavy atom. The second-order valence-electron chi connectivity index (χ2n) is 6.11. The van der Waals surface area contributed by atoms with Crippen LogP contribution < -0.4 is 0 Å². The van der Waals surface area contributed by atoms with E-state index in [1.165, 1.54) is 11.8 Å². The topological polar surface area (TPSA) is 63.6 Å². The molecule has 0 aliphatic rings. The Labute approximate surface area is 155 Å². The largest absolute Gasteiger partial charge is 0.360 e. The zero-order valence-electron chi connectivity index (χ0n) is 14.5. The van der Waals surface area contributed by atoms with E-state index < -0.39 is 5.25 Å². The number of nitrogens with zero attached hydrogens (tertiary/aromatic N) is 3. The van der Waals surface area contributed by atoms with Gasteiger partial charge in [-0.05, 0) is 18.6 Å². The number of hydrogen-bond donors (Lipinski definition) is 1. The molecule has 4 rings (SSSR count). The summed E-state index contributed by atoms with van der Waals surface area (Å²) >= 11 is 1.43. The quantitative estimate of drug-likeness (QED) is 0.424. The lowest BCUT2D eigenvalue weighted by Gasteiger charge is -2.15. The van der Waals surface area contributed by atoms with E-state index in [1.54, 1.807) is 6.20 Å². The Balaban J connectivity index is 1.77. The molecule has 6 heteroatoms. The summed E-state index contributed by atoms with van der Waals surface area (Å²) in [7, 11) is 1.91. The Kier molecular flexibility index (Phi) is 4.34. The Morgan fingerprint density at radius 2 is 1.81 bits per heavy atom. The fourth-order valence-corrected chi connectivity index (χ4v) is 4.03. The van der Waals surface area contributed by atoms with Crippen molar-refractivity contribution in [2.45, 2.75) is 17.3 Å². The van der Waals surface area contributed by atoms with Crippen molar-refractivity contribution in [3.8, 4) is 0 Å². The molecule has 0 aliphatic carbocycles. The van der Waals surface area contributed by atoms with Gasteiger partial charge in [0.1, 0.15) is 11.1 Å². The minimum atomic E-state index is -0.391. The number of benzene rings is 2. The molecule has 2 aromatic carbocycles. The van der Waals surface area contributed by atoms with Gasteiger partial charge in [0, 0.05) is 29.7 Å². The van der Waals surface area contributed by atoms with Crippen molar-refractivity contribution < 1.29 is 4.79 Å². The summed E-state index contributed by atoms with van der Waals surface area (Å²) in [5.74, 6) is 0.873. The van der Waals surface area contributed by atoms with Crippen LogP contribution in [0.25, 0.3) is 10.9 Å². The predicted molar refractivity (Wildman–Crippen MR) is 103 cm³/mol. The summed E-state index contributed by atoms with van der Waals surface area (Å²) < 4.78 is 1.91. The van der Waals surface area contributed by atoms with Gasteiger partial charge in [-0.25, -0.2) is 0 Å². The maximum absolute atomic E-state index is 13.4. The van der Waals surface area contributed by atoms with Crippen LogP contribution in [0.5, 0.6) is 0 Å². The molecular weight excluding hydrogens is 344 g/mol. The normalized spacial score (nSPS) is 12.4. The number of rotatable bonds is 5. The van der Waals surface area contributed by atoms with Crippen LogP contribution in [0, 0.1) is 6.92 Å². The molecule has 0 fully saturated rings. The minimum absolute atomic E-state index is 0.0549. The lowest BCUT2D eigenvalue weighted by molar-refractivity contribution is 0.0991. The fourth-order valence-electron chi connectivity index (χ4n) is 2.91. The third-order valence-corrected chi connectivity index (χ3v) is 5.76. The summed E-state index contributed by atoms with van der Waals surface area (Å²) in [6.45, 7) is 1.90. The number of aromatic nitrogens is 4. The van der Waals surface area contributed by atoms with Crippen LogP contribution in [0.4, 0.5) is 0 Å². The summed E-state index contributed by atoms with van der Waals surface area (Å²) in [5, 5.41) is 9.61. The molecule has 5 nitrogen and oxygen atoms in total. The van der Waals surface area contributed by atoms with Gasteiger partial charge >= 0.3 is 0 Å². The number of carbonyl (C=O) groups is 1. The van der Waals surface area contributed by atoms with Crippen LogP contribution in [0.2, 0.25) is 0 Å². The number of H-pyrrole nitrogens is 1. The van der Waals surface area contributed by atoms with Crippen molar-refractivity contribution in [3.63, 3.8) is 0 Å². The number of carbonyl (C=O) groups excluding carboxylic acids is 1. The van der Waals surface area contributed by atoms with E-state index in [9.17, 15) is 4.79 Å². The van der Waals surface area contributed by atoms with E-state index in [0.717, 1.165) is 27.4 Å². The molecule has 130 valence electrons. The lowest BCUT2D eigenvalue weighted by Crippen LogP contribution is -2.11. The number of Topliss-reactive ketones (excluding diaryl/α,β-unsaturated/α-hetero) is 1. The number of ketones is 1. The highest BCUT2D eigenvalue weighted by Gasteiger charge is 2.27. The number of thioether (sulfide) groups is 1. The summed E-state index contributed by atoms with van der Waals surface area (Å²) in [6.07, 6.45) is 1.80. The first-order valence-electron chi connectivity index (χ1n) is 8.33. The van der Waals surface area contributed by atoms with Gasteiger partial charge in [0.25, 0.3) is 0 Å². The van der Waals surface area contributed by atoms with E-state index in [4.69, 9.17) is 0 Å². The van der Waals surface area contributed by atoms with Crippen molar-refractivity contribution in [1.82, 2.24) is 19.7 Å². The van der Waals surface area contributed by atoms with Gasteiger partial charge in [-0.3, -0.25) is 4.79 Å². The molecule has 0 bridgehead atoms. The Bertz CT molecular complexity index is 1070. The Hall–Kier alpha value is -2.86. The standard InChI is InChI=1S/C20H18N4OS/c1-13-22-23-20(24(13)2)26-19(14-8-4-3-5-9-14)18(25)16-12-21-17-11-7-6-10-15(16)17/h3-12,19,21H,1-2H3. The molecule has 4 aromatic rings. The van der Waals surface area contributed by atoms with E-state index in [2.05, 4.69) is 15.2 Å². The van der Waals surface area contributed by atoms with Crippen LogP contribution >= 0.6 is 11.8 Å². The van der Waals surface area contributed by atoms with E-state index in [-0.39, 0.29) is 5.78 Å². The lowest BCUT2D eigenvalue weighted by atomic mass is 10.0. The number of hydrogen-bond acceptors (Lipinski definition) is 4. The molecule has 0 spiro atoms. The summed E-state index contributed by atoms with van der Waals surface area (Å²) in [4.78, 5) is 16.6. The monoisotopic (exact) mass is 362 g/mol. The maximum Gasteiger partial charge on any atom is 0.191 e. The average Bonchev–Trinajstić information content (AvgIpc) is 3.24. The first-order chi connectivity index (χ1) is 12.6.